The highest BCUT2D eigenvalue weighted by atomic mass is 16.5. The molecule has 0 heterocycles. The van der Waals surface area contributed by atoms with Crippen molar-refractivity contribution in [3.8, 4) is 11.5 Å². The fourth-order valence-corrected chi connectivity index (χ4v) is 2.75. The van der Waals surface area contributed by atoms with E-state index >= 15 is 0 Å². The zero-order valence-electron chi connectivity index (χ0n) is 15.8. The molecule has 0 aliphatic carbocycles. The summed E-state index contributed by atoms with van der Waals surface area (Å²) in [5.41, 5.74) is 7.87. The van der Waals surface area contributed by atoms with Crippen molar-refractivity contribution in [2.24, 2.45) is 5.73 Å². The van der Waals surface area contributed by atoms with E-state index in [4.69, 9.17) is 20.3 Å². The van der Waals surface area contributed by atoms with Gasteiger partial charge >= 0.3 is 5.97 Å². The summed E-state index contributed by atoms with van der Waals surface area (Å²) in [5, 5.41) is 19.3. The summed E-state index contributed by atoms with van der Waals surface area (Å²) in [6.45, 7) is 0.645. The van der Waals surface area contributed by atoms with Gasteiger partial charge in [0.15, 0.2) is 11.5 Å². The molecule has 150 valence electrons. The van der Waals surface area contributed by atoms with E-state index in [-0.39, 0.29) is 0 Å². The number of rotatable bonds is 9. The molecule has 0 amide bonds. The molecule has 0 radical (unpaired) electrons. The van der Waals surface area contributed by atoms with Gasteiger partial charge in [0.1, 0.15) is 25.4 Å². The lowest BCUT2D eigenvalue weighted by Crippen LogP contribution is -2.36. The van der Waals surface area contributed by atoms with Gasteiger partial charge in [-0.15, -0.1) is 0 Å². The molecule has 0 saturated carbocycles. The maximum Gasteiger partial charge on any atom is 0.323 e. The van der Waals surface area contributed by atoms with Crippen molar-refractivity contribution >= 4 is 5.97 Å². The van der Waals surface area contributed by atoms with Crippen molar-refractivity contribution in [3.05, 3.63) is 95.6 Å². The molecule has 0 aliphatic rings. The van der Waals surface area contributed by atoms with Gasteiger partial charge in [0.2, 0.25) is 0 Å². The monoisotopic (exact) mass is 393 g/mol. The van der Waals surface area contributed by atoms with Gasteiger partial charge < -0.3 is 25.4 Å². The molecule has 3 aromatic carbocycles. The van der Waals surface area contributed by atoms with E-state index in [1.807, 2.05) is 60.7 Å². The quantitative estimate of drug-likeness (QED) is 0.516. The predicted molar refractivity (Wildman–Crippen MR) is 109 cm³/mol. The Bertz CT molecular complexity index is 931. The maximum absolute atomic E-state index is 11.1. The third-order valence-electron chi connectivity index (χ3n) is 4.41. The summed E-state index contributed by atoms with van der Waals surface area (Å²) >= 11 is 0. The van der Waals surface area contributed by atoms with Crippen LogP contribution in [0.2, 0.25) is 0 Å². The lowest BCUT2D eigenvalue weighted by atomic mass is 10.0. The zero-order valence-corrected chi connectivity index (χ0v) is 15.8. The summed E-state index contributed by atoms with van der Waals surface area (Å²) in [4.78, 5) is 11.1. The molecule has 29 heavy (non-hydrogen) atoms. The first-order valence-electron chi connectivity index (χ1n) is 9.18. The van der Waals surface area contributed by atoms with Crippen molar-refractivity contribution in [2.75, 3.05) is 0 Å². The number of hydrogen-bond donors (Lipinski definition) is 3. The molecule has 0 aromatic heterocycles. The molecular formula is C23H23NO5. The van der Waals surface area contributed by atoms with Crippen LogP contribution in [0.3, 0.4) is 0 Å². The van der Waals surface area contributed by atoms with Crippen molar-refractivity contribution in [1.29, 1.82) is 0 Å². The molecule has 0 unspecified atom stereocenters. The summed E-state index contributed by atoms with van der Waals surface area (Å²) in [7, 11) is 0. The highest BCUT2D eigenvalue weighted by molar-refractivity contribution is 5.74. The molecule has 0 bridgehead atoms. The van der Waals surface area contributed by atoms with Crippen LogP contribution in [0.25, 0.3) is 0 Å². The minimum atomic E-state index is -1.44. The number of carbonyl (C=O) groups is 1. The minimum absolute atomic E-state index is 0.299. The van der Waals surface area contributed by atoms with Crippen LogP contribution < -0.4 is 15.2 Å². The molecule has 0 spiro atoms. The first-order valence-corrected chi connectivity index (χ1v) is 9.18. The zero-order chi connectivity index (χ0) is 20.6. The molecule has 4 N–H and O–H groups in total. The van der Waals surface area contributed by atoms with E-state index in [2.05, 4.69) is 0 Å². The van der Waals surface area contributed by atoms with E-state index in [1.165, 1.54) is 0 Å². The standard InChI is InChI=1S/C23H23NO5/c24-21(23(26)27)22(25)18-11-12-19(28-14-16-7-3-1-4-8-16)20(13-18)29-15-17-9-5-2-6-10-17/h1-13,21-22,25H,14-15,24H2,(H,26,27)/t21-,22+/m1/s1. The molecule has 2 atom stereocenters. The summed E-state index contributed by atoms with van der Waals surface area (Å²) in [6, 6.07) is 22.7. The largest absolute Gasteiger partial charge is 0.485 e. The van der Waals surface area contributed by atoms with Crippen LogP contribution in [-0.2, 0) is 18.0 Å². The van der Waals surface area contributed by atoms with E-state index in [1.54, 1.807) is 18.2 Å². The first kappa shape index (κ1) is 20.4. The van der Waals surface area contributed by atoms with Crippen molar-refractivity contribution in [3.63, 3.8) is 0 Å². The van der Waals surface area contributed by atoms with Gasteiger partial charge in [-0.25, -0.2) is 0 Å². The summed E-state index contributed by atoms with van der Waals surface area (Å²) in [5.74, 6) is -0.391. The van der Waals surface area contributed by atoms with E-state index in [0.29, 0.717) is 30.3 Å². The second-order valence-corrected chi connectivity index (χ2v) is 6.56. The third-order valence-corrected chi connectivity index (χ3v) is 4.41. The Morgan fingerprint density at radius 2 is 1.34 bits per heavy atom. The molecule has 3 rings (SSSR count). The predicted octanol–water partition coefficient (Wildman–Crippen LogP) is 3.29. The number of aliphatic hydroxyl groups excluding tert-OH is 1. The van der Waals surface area contributed by atoms with Crippen LogP contribution in [0.4, 0.5) is 0 Å². The van der Waals surface area contributed by atoms with Crippen LogP contribution in [0, 0.1) is 0 Å². The van der Waals surface area contributed by atoms with Crippen molar-refractivity contribution in [2.45, 2.75) is 25.4 Å². The molecule has 3 aromatic rings. The van der Waals surface area contributed by atoms with Gasteiger partial charge in [-0.3, -0.25) is 4.79 Å². The highest BCUT2D eigenvalue weighted by Crippen LogP contribution is 2.32. The van der Waals surface area contributed by atoms with Crippen LogP contribution in [0.15, 0.2) is 78.9 Å². The molecule has 6 nitrogen and oxygen atoms in total. The summed E-state index contributed by atoms with van der Waals surface area (Å²) < 4.78 is 11.8. The molecule has 0 aliphatic heterocycles. The molecule has 0 saturated heterocycles. The van der Waals surface area contributed by atoms with Crippen LogP contribution in [-0.4, -0.2) is 22.2 Å². The Balaban J connectivity index is 1.82. The number of carboxylic acids is 1. The smallest absolute Gasteiger partial charge is 0.323 e. The van der Waals surface area contributed by atoms with Gasteiger partial charge in [0.25, 0.3) is 0 Å². The van der Waals surface area contributed by atoms with Crippen LogP contribution in [0.5, 0.6) is 11.5 Å². The average molecular weight is 393 g/mol. The third kappa shape index (κ3) is 5.57. The Kier molecular flexibility index (Phi) is 6.84. The molecule has 6 heteroatoms. The second-order valence-electron chi connectivity index (χ2n) is 6.56. The number of nitrogens with two attached hydrogens (primary N) is 1. The lowest BCUT2D eigenvalue weighted by molar-refractivity contribution is -0.141. The van der Waals surface area contributed by atoms with E-state index in [0.717, 1.165) is 11.1 Å². The van der Waals surface area contributed by atoms with Crippen molar-refractivity contribution < 1.29 is 24.5 Å². The number of aliphatic carboxylic acids is 1. The fraction of sp³-hybridized carbons (Fsp3) is 0.174. The van der Waals surface area contributed by atoms with Gasteiger partial charge in [0, 0.05) is 0 Å². The Morgan fingerprint density at radius 3 is 1.86 bits per heavy atom. The highest BCUT2D eigenvalue weighted by Gasteiger charge is 2.24. The fourth-order valence-electron chi connectivity index (χ4n) is 2.75. The van der Waals surface area contributed by atoms with Gasteiger partial charge in [-0.1, -0.05) is 66.7 Å². The molecular weight excluding hydrogens is 370 g/mol. The minimum Gasteiger partial charge on any atom is -0.485 e. The van der Waals surface area contributed by atoms with E-state index < -0.39 is 18.1 Å². The Labute approximate surface area is 169 Å². The second kappa shape index (κ2) is 9.73. The SMILES string of the molecule is N[C@@H](C(=O)O)[C@@H](O)c1ccc(OCc2ccccc2)c(OCc2ccccc2)c1. The van der Waals surface area contributed by atoms with Crippen molar-refractivity contribution in [1.82, 2.24) is 0 Å². The van der Waals surface area contributed by atoms with Gasteiger partial charge in [-0.2, -0.15) is 0 Å². The number of hydrogen-bond acceptors (Lipinski definition) is 5. The lowest BCUT2D eigenvalue weighted by Gasteiger charge is -2.18. The number of ether oxygens (including phenoxy) is 2. The number of aliphatic hydroxyl groups is 1. The average Bonchev–Trinajstić information content (AvgIpc) is 2.76. The molecule has 0 fully saturated rings. The van der Waals surface area contributed by atoms with Crippen LogP contribution >= 0.6 is 0 Å². The Hall–Kier alpha value is -3.35. The van der Waals surface area contributed by atoms with Gasteiger partial charge in [-0.05, 0) is 28.8 Å². The van der Waals surface area contributed by atoms with Crippen LogP contribution in [0.1, 0.15) is 22.8 Å². The first-order chi connectivity index (χ1) is 14.0. The number of benzene rings is 3. The normalized spacial score (nSPS) is 12.8. The topological polar surface area (TPSA) is 102 Å². The maximum atomic E-state index is 11.1. The van der Waals surface area contributed by atoms with Gasteiger partial charge in [0.05, 0.1) is 0 Å². The number of carboxylic acid groups (broad SMARTS) is 1. The summed E-state index contributed by atoms with van der Waals surface area (Å²) in [6.07, 6.45) is -1.37. The Morgan fingerprint density at radius 1 is 0.828 bits per heavy atom. The van der Waals surface area contributed by atoms with E-state index in [9.17, 15) is 9.90 Å².